The first kappa shape index (κ1) is 11.6. The van der Waals surface area contributed by atoms with Crippen molar-refractivity contribution in [2.45, 2.75) is 0 Å². The van der Waals surface area contributed by atoms with Crippen molar-refractivity contribution in [3.63, 3.8) is 0 Å². The van der Waals surface area contributed by atoms with Crippen LogP contribution in [0.1, 0.15) is 0 Å². The Morgan fingerprint density at radius 1 is 1.53 bits per heavy atom. The SMILES string of the molecule is COc1cc([N+](=O)[O-])cnc1N1CCNCC1. The van der Waals surface area contributed by atoms with Crippen LogP contribution in [-0.2, 0) is 0 Å². The smallest absolute Gasteiger partial charge is 0.291 e. The van der Waals surface area contributed by atoms with E-state index in [0.29, 0.717) is 11.6 Å². The van der Waals surface area contributed by atoms with Crippen molar-refractivity contribution in [3.8, 4) is 5.75 Å². The summed E-state index contributed by atoms with van der Waals surface area (Å²) in [6.07, 6.45) is 1.26. The zero-order valence-electron chi connectivity index (χ0n) is 9.55. The molecule has 17 heavy (non-hydrogen) atoms. The number of rotatable bonds is 3. The molecule has 0 radical (unpaired) electrons. The summed E-state index contributed by atoms with van der Waals surface area (Å²) in [7, 11) is 1.49. The molecular weight excluding hydrogens is 224 g/mol. The van der Waals surface area contributed by atoms with Crippen LogP contribution in [0, 0.1) is 10.1 Å². The second-order valence-electron chi connectivity index (χ2n) is 3.71. The fraction of sp³-hybridized carbons (Fsp3) is 0.500. The summed E-state index contributed by atoms with van der Waals surface area (Å²) < 4.78 is 5.16. The highest BCUT2D eigenvalue weighted by molar-refractivity contribution is 5.56. The van der Waals surface area contributed by atoms with Gasteiger partial charge in [-0.15, -0.1) is 0 Å². The molecule has 1 aromatic rings. The van der Waals surface area contributed by atoms with Crippen LogP contribution in [0.3, 0.4) is 0 Å². The number of hydrogen-bond donors (Lipinski definition) is 1. The molecule has 0 aromatic carbocycles. The van der Waals surface area contributed by atoms with Crippen LogP contribution < -0.4 is 15.0 Å². The molecule has 1 saturated heterocycles. The Morgan fingerprint density at radius 2 is 2.24 bits per heavy atom. The van der Waals surface area contributed by atoms with Crippen LogP contribution >= 0.6 is 0 Å². The first-order chi connectivity index (χ1) is 8.22. The summed E-state index contributed by atoms with van der Waals surface area (Å²) in [5.41, 5.74) is -0.0549. The second-order valence-corrected chi connectivity index (χ2v) is 3.71. The lowest BCUT2D eigenvalue weighted by Crippen LogP contribution is -2.44. The monoisotopic (exact) mass is 238 g/mol. The van der Waals surface area contributed by atoms with Gasteiger partial charge in [-0.25, -0.2) is 4.98 Å². The van der Waals surface area contributed by atoms with Gasteiger partial charge in [-0.3, -0.25) is 10.1 Å². The average molecular weight is 238 g/mol. The number of nitrogens with zero attached hydrogens (tertiary/aromatic N) is 3. The average Bonchev–Trinajstić information content (AvgIpc) is 2.39. The number of aromatic nitrogens is 1. The van der Waals surface area contributed by atoms with Gasteiger partial charge in [-0.1, -0.05) is 0 Å². The third-order valence-electron chi connectivity index (χ3n) is 2.67. The highest BCUT2D eigenvalue weighted by Gasteiger charge is 2.19. The summed E-state index contributed by atoms with van der Waals surface area (Å²) in [5.74, 6) is 1.11. The fourth-order valence-corrected chi connectivity index (χ4v) is 1.79. The Bertz CT molecular complexity index is 418. The number of ether oxygens (including phenoxy) is 1. The molecule has 0 saturated carbocycles. The maximum atomic E-state index is 10.6. The standard InChI is InChI=1S/C10H14N4O3/c1-17-9-6-8(14(15)16)7-12-10(9)13-4-2-11-3-5-13/h6-7,11H,2-5H2,1H3. The molecule has 2 heterocycles. The van der Waals surface area contributed by atoms with E-state index in [4.69, 9.17) is 4.74 Å². The number of pyridine rings is 1. The molecule has 0 atom stereocenters. The molecule has 0 aliphatic carbocycles. The Kier molecular flexibility index (Phi) is 3.38. The zero-order chi connectivity index (χ0) is 12.3. The number of nitrogens with one attached hydrogen (secondary N) is 1. The quantitative estimate of drug-likeness (QED) is 0.606. The van der Waals surface area contributed by atoms with Gasteiger partial charge in [-0.2, -0.15) is 0 Å². The molecule has 1 aliphatic rings. The van der Waals surface area contributed by atoms with E-state index in [-0.39, 0.29) is 5.69 Å². The predicted octanol–water partition coefficient (Wildman–Crippen LogP) is 0.408. The first-order valence-corrected chi connectivity index (χ1v) is 5.36. The minimum atomic E-state index is -0.475. The Hall–Kier alpha value is -1.89. The van der Waals surface area contributed by atoms with Crippen molar-refractivity contribution in [1.29, 1.82) is 0 Å². The van der Waals surface area contributed by atoms with Crippen LogP contribution in [0.25, 0.3) is 0 Å². The van der Waals surface area contributed by atoms with Gasteiger partial charge in [0.1, 0.15) is 6.20 Å². The van der Waals surface area contributed by atoms with Crippen molar-refractivity contribution >= 4 is 11.5 Å². The van der Waals surface area contributed by atoms with E-state index < -0.39 is 4.92 Å². The number of anilines is 1. The van der Waals surface area contributed by atoms with Gasteiger partial charge >= 0.3 is 0 Å². The van der Waals surface area contributed by atoms with E-state index in [2.05, 4.69) is 15.2 Å². The molecule has 7 nitrogen and oxygen atoms in total. The van der Waals surface area contributed by atoms with Gasteiger partial charge in [0.05, 0.1) is 18.1 Å². The molecular formula is C10H14N4O3. The number of hydrogen-bond acceptors (Lipinski definition) is 6. The van der Waals surface area contributed by atoms with Crippen LogP contribution in [0.15, 0.2) is 12.3 Å². The molecule has 7 heteroatoms. The molecule has 1 N–H and O–H groups in total. The summed E-state index contributed by atoms with van der Waals surface area (Å²) >= 11 is 0. The first-order valence-electron chi connectivity index (χ1n) is 5.36. The minimum Gasteiger partial charge on any atom is -0.493 e. The van der Waals surface area contributed by atoms with Gasteiger partial charge in [0.25, 0.3) is 5.69 Å². The number of piperazine rings is 1. The van der Waals surface area contributed by atoms with Crippen LogP contribution in [0.2, 0.25) is 0 Å². The summed E-state index contributed by atoms with van der Waals surface area (Å²) in [6.45, 7) is 3.39. The van der Waals surface area contributed by atoms with E-state index in [0.717, 1.165) is 26.2 Å². The lowest BCUT2D eigenvalue weighted by molar-refractivity contribution is -0.385. The Morgan fingerprint density at radius 3 is 2.82 bits per heavy atom. The largest absolute Gasteiger partial charge is 0.493 e. The summed E-state index contributed by atoms with van der Waals surface area (Å²) in [5, 5.41) is 13.9. The topological polar surface area (TPSA) is 80.5 Å². The van der Waals surface area contributed by atoms with E-state index in [1.165, 1.54) is 19.4 Å². The maximum absolute atomic E-state index is 10.6. The maximum Gasteiger partial charge on any atom is 0.291 e. The number of methoxy groups -OCH3 is 1. The Balaban J connectivity index is 2.29. The zero-order valence-corrected chi connectivity index (χ0v) is 9.55. The fourth-order valence-electron chi connectivity index (χ4n) is 1.79. The molecule has 92 valence electrons. The summed E-state index contributed by atoms with van der Waals surface area (Å²) in [4.78, 5) is 16.3. The molecule has 1 aromatic heterocycles. The molecule has 0 spiro atoms. The van der Waals surface area contributed by atoms with Crippen LogP contribution in [-0.4, -0.2) is 43.2 Å². The van der Waals surface area contributed by atoms with E-state index >= 15 is 0 Å². The Labute approximate surface area is 98.5 Å². The molecule has 1 aliphatic heterocycles. The molecule has 2 rings (SSSR count). The molecule has 0 unspecified atom stereocenters. The van der Waals surface area contributed by atoms with Crippen molar-refractivity contribution in [3.05, 3.63) is 22.4 Å². The number of nitro groups is 1. The van der Waals surface area contributed by atoms with E-state index in [1.54, 1.807) is 0 Å². The third kappa shape index (κ3) is 2.44. The van der Waals surface area contributed by atoms with Gasteiger partial charge < -0.3 is 15.0 Å². The predicted molar refractivity (Wildman–Crippen MR) is 62.5 cm³/mol. The van der Waals surface area contributed by atoms with Gasteiger partial charge in [0.15, 0.2) is 11.6 Å². The minimum absolute atomic E-state index is 0.0549. The highest BCUT2D eigenvalue weighted by atomic mass is 16.6. The lowest BCUT2D eigenvalue weighted by Gasteiger charge is -2.29. The third-order valence-corrected chi connectivity index (χ3v) is 2.67. The van der Waals surface area contributed by atoms with Gasteiger partial charge in [-0.05, 0) is 0 Å². The van der Waals surface area contributed by atoms with Crippen molar-refractivity contribution < 1.29 is 9.66 Å². The van der Waals surface area contributed by atoms with Crippen molar-refractivity contribution in [2.75, 3.05) is 38.2 Å². The van der Waals surface area contributed by atoms with Crippen molar-refractivity contribution in [1.82, 2.24) is 10.3 Å². The normalized spacial score (nSPS) is 15.7. The van der Waals surface area contributed by atoms with Crippen LogP contribution in [0.5, 0.6) is 5.75 Å². The van der Waals surface area contributed by atoms with Gasteiger partial charge in [0.2, 0.25) is 0 Å². The van der Waals surface area contributed by atoms with E-state index in [9.17, 15) is 10.1 Å². The lowest BCUT2D eigenvalue weighted by atomic mass is 10.3. The van der Waals surface area contributed by atoms with E-state index in [1.807, 2.05) is 0 Å². The van der Waals surface area contributed by atoms with Crippen molar-refractivity contribution in [2.24, 2.45) is 0 Å². The molecule has 0 amide bonds. The molecule has 1 fully saturated rings. The summed E-state index contributed by atoms with van der Waals surface area (Å²) in [6, 6.07) is 1.41. The highest BCUT2D eigenvalue weighted by Crippen LogP contribution is 2.29. The molecule has 0 bridgehead atoms. The van der Waals surface area contributed by atoms with Gasteiger partial charge in [0, 0.05) is 26.2 Å². The van der Waals surface area contributed by atoms with Crippen LogP contribution in [0.4, 0.5) is 11.5 Å². The second kappa shape index (κ2) is 4.96.